The van der Waals surface area contributed by atoms with Gasteiger partial charge in [0, 0.05) is 18.3 Å². The van der Waals surface area contributed by atoms with Crippen LogP contribution >= 0.6 is 0 Å². The second kappa shape index (κ2) is 6.72. The molecule has 5 atom stereocenters. The third kappa shape index (κ3) is 2.87. The average Bonchev–Trinajstić information content (AvgIpc) is 2.84. The van der Waals surface area contributed by atoms with E-state index in [1.165, 1.54) is 5.56 Å². The van der Waals surface area contributed by atoms with E-state index in [9.17, 15) is 9.59 Å². The van der Waals surface area contributed by atoms with Gasteiger partial charge in [0.2, 0.25) is 0 Å². The molecule has 6 rings (SSSR count). The summed E-state index contributed by atoms with van der Waals surface area (Å²) < 4.78 is 6.16. The molecule has 146 valence electrons. The summed E-state index contributed by atoms with van der Waals surface area (Å²) in [6.45, 7) is 4.35. The van der Waals surface area contributed by atoms with E-state index in [4.69, 9.17) is 4.74 Å². The lowest BCUT2D eigenvalue weighted by atomic mass is 9.66. The molecule has 28 heavy (non-hydrogen) atoms. The van der Waals surface area contributed by atoms with E-state index in [0.29, 0.717) is 35.5 Å². The smallest absolute Gasteiger partial charge is 0.339 e. The fraction of sp³-hybridized carbons (Fsp3) is 0.520. The molecule has 4 bridgehead atoms. The van der Waals surface area contributed by atoms with Crippen LogP contribution < -0.4 is 0 Å². The van der Waals surface area contributed by atoms with E-state index in [-0.39, 0.29) is 23.9 Å². The zero-order valence-electron chi connectivity index (χ0n) is 16.7. The van der Waals surface area contributed by atoms with Gasteiger partial charge in [0.15, 0.2) is 0 Å². The average molecular weight is 376 g/mol. The van der Waals surface area contributed by atoms with Crippen molar-refractivity contribution in [3.05, 3.63) is 47.5 Å². The zero-order valence-corrected chi connectivity index (χ0v) is 16.7. The molecule has 0 aliphatic heterocycles. The van der Waals surface area contributed by atoms with Crippen molar-refractivity contribution < 1.29 is 14.3 Å². The molecule has 0 aromatic heterocycles. The number of benzene rings is 2. The zero-order chi connectivity index (χ0) is 19.4. The number of Topliss-reactive ketones (excluding diaryl/α,β-unsaturated/α-hetero) is 1. The highest BCUT2D eigenvalue weighted by Crippen LogP contribution is 2.51. The van der Waals surface area contributed by atoms with E-state index in [1.54, 1.807) is 0 Å². The Hall–Kier alpha value is -2.16. The van der Waals surface area contributed by atoms with E-state index in [2.05, 4.69) is 26.0 Å². The molecule has 0 heterocycles. The number of hydrogen-bond donors (Lipinski definition) is 0. The van der Waals surface area contributed by atoms with Crippen LogP contribution in [-0.4, -0.2) is 17.9 Å². The van der Waals surface area contributed by atoms with Gasteiger partial charge in [0.25, 0.3) is 0 Å². The first-order valence-corrected chi connectivity index (χ1v) is 10.8. The molecule has 2 aromatic carbocycles. The van der Waals surface area contributed by atoms with Gasteiger partial charge in [-0.2, -0.15) is 0 Å². The van der Waals surface area contributed by atoms with Crippen molar-refractivity contribution in [2.24, 2.45) is 23.7 Å². The lowest BCUT2D eigenvalue weighted by Crippen LogP contribution is -2.41. The third-order valence-corrected chi connectivity index (χ3v) is 7.37. The van der Waals surface area contributed by atoms with Crippen molar-refractivity contribution in [2.45, 2.75) is 58.0 Å². The Labute approximate surface area is 166 Å². The number of rotatable bonds is 3. The Bertz CT molecular complexity index is 944. The quantitative estimate of drug-likeness (QED) is 0.663. The molecule has 3 nitrogen and oxygen atoms in total. The van der Waals surface area contributed by atoms with Crippen LogP contribution in [0.1, 0.15) is 67.8 Å². The Balaban J connectivity index is 1.47. The van der Waals surface area contributed by atoms with Crippen LogP contribution in [0.3, 0.4) is 0 Å². The molecule has 4 saturated carbocycles. The summed E-state index contributed by atoms with van der Waals surface area (Å²) in [5, 5.41) is 2.10. The second-order valence-electron chi connectivity index (χ2n) is 9.47. The molecular weight excluding hydrogens is 348 g/mol. The summed E-state index contributed by atoms with van der Waals surface area (Å²) in [7, 11) is 0. The highest BCUT2D eigenvalue weighted by atomic mass is 16.5. The Morgan fingerprint density at radius 1 is 0.964 bits per heavy atom. The highest BCUT2D eigenvalue weighted by molar-refractivity contribution is 6.05. The van der Waals surface area contributed by atoms with E-state index >= 15 is 0 Å². The second-order valence-corrected chi connectivity index (χ2v) is 9.47. The van der Waals surface area contributed by atoms with Gasteiger partial charge in [0.05, 0.1) is 5.56 Å². The minimum atomic E-state index is -0.226. The molecule has 0 saturated heterocycles. The lowest BCUT2D eigenvalue weighted by Gasteiger charge is -2.43. The van der Waals surface area contributed by atoms with Gasteiger partial charge in [0.1, 0.15) is 11.9 Å². The van der Waals surface area contributed by atoms with Crippen LogP contribution in [0.15, 0.2) is 36.4 Å². The van der Waals surface area contributed by atoms with Gasteiger partial charge >= 0.3 is 5.97 Å². The molecule has 5 unspecified atom stereocenters. The Morgan fingerprint density at radius 3 is 2.50 bits per heavy atom. The molecular formula is C25H28O3. The monoisotopic (exact) mass is 376 g/mol. The van der Waals surface area contributed by atoms with Crippen LogP contribution in [0, 0.1) is 23.7 Å². The normalized spacial score (nSPS) is 31.4. The van der Waals surface area contributed by atoms with Crippen LogP contribution in [0.2, 0.25) is 0 Å². The fourth-order valence-corrected chi connectivity index (χ4v) is 6.16. The first-order chi connectivity index (χ1) is 13.5. The summed E-state index contributed by atoms with van der Waals surface area (Å²) in [4.78, 5) is 25.7. The first kappa shape index (κ1) is 17.9. The molecule has 4 aliphatic rings. The molecule has 0 radical (unpaired) electrons. The minimum Gasteiger partial charge on any atom is -0.458 e. The summed E-state index contributed by atoms with van der Waals surface area (Å²) >= 11 is 0. The van der Waals surface area contributed by atoms with Crippen molar-refractivity contribution in [3.8, 4) is 0 Å². The molecule has 4 fully saturated rings. The number of fused-ring (bicyclic) bond motifs is 2. The topological polar surface area (TPSA) is 43.4 Å². The maximum absolute atomic E-state index is 13.2. The maximum Gasteiger partial charge on any atom is 0.339 e. The lowest BCUT2D eigenvalue weighted by molar-refractivity contribution is -0.123. The van der Waals surface area contributed by atoms with Crippen LogP contribution in [0.25, 0.3) is 10.8 Å². The number of hydrogen-bond acceptors (Lipinski definition) is 3. The summed E-state index contributed by atoms with van der Waals surface area (Å²) in [5.74, 6) is 2.02. The minimum absolute atomic E-state index is 0.0958. The van der Waals surface area contributed by atoms with E-state index in [1.807, 2.05) is 24.3 Å². The van der Waals surface area contributed by atoms with Gasteiger partial charge in [-0.3, -0.25) is 4.79 Å². The molecule has 2 aromatic rings. The Kier molecular flexibility index (Phi) is 4.30. The van der Waals surface area contributed by atoms with Crippen LogP contribution in [0.4, 0.5) is 0 Å². The molecule has 0 N–H and O–H groups in total. The number of ether oxygens (including phenoxy) is 1. The van der Waals surface area contributed by atoms with Gasteiger partial charge in [-0.1, -0.05) is 44.2 Å². The number of carbonyl (C=O) groups excluding carboxylic acids is 2. The fourth-order valence-electron chi connectivity index (χ4n) is 6.16. The molecule has 4 aliphatic carbocycles. The predicted octanol–water partition coefficient (Wildman–Crippen LogP) is 5.51. The summed E-state index contributed by atoms with van der Waals surface area (Å²) in [6.07, 6.45) is 4.64. The third-order valence-electron chi connectivity index (χ3n) is 7.37. The van der Waals surface area contributed by atoms with E-state index < -0.39 is 0 Å². The van der Waals surface area contributed by atoms with Crippen LogP contribution in [0.5, 0.6) is 0 Å². The molecule has 0 amide bonds. The van der Waals surface area contributed by atoms with Gasteiger partial charge in [-0.15, -0.1) is 0 Å². The first-order valence-electron chi connectivity index (χ1n) is 10.8. The van der Waals surface area contributed by atoms with Gasteiger partial charge < -0.3 is 4.74 Å². The Morgan fingerprint density at radius 2 is 1.71 bits per heavy atom. The van der Waals surface area contributed by atoms with Crippen LogP contribution in [-0.2, 0) is 9.53 Å². The van der Waals surface area contributed by atoms with Gasteiger partial charge in [-0.25, -0.2) is 4.79 Å². The van der Waals surface area contributed by atoms with Gasteiger partial charge in [-0.05, 0) is 65.8 Å². The van der Waals surface area contributed by atoms with E-state index in [0.717, 1.165) is 36.5 Å². The predicted molar refractivity (Wildman–Crippen MR) is 109 cm³/mol. The molecule has 3 heteroatoms. The number of ketones is 1. The van der Waals surface area contributed by atoms with Crippen molar-refractivity contribution in [1.82, 2.24) is 0 Å². The largest absolute Gasteiger partial charge is 0.458 e. The number of carbonyl (C=O) groups is 2. The SMILES string of the molecule is CC(C)c1ccc(C(=O)OC2C3CC(=O)C4CC(C3)CC2C4)c2ccccc12. The van der Waals surface area contributed by atoms with Crippen molar-refractivity contribution >= 4 is 22.5 Å². The maximum atomic E-state index is 13.2. The van der Waals surface area contributed by atoms with Crippen molar-refractivity contribution in [2.75, 3.05) is 0 Å². The number of esters is 1. The van der Waals surface area contributed by atoms with Crippen molar-refractivity contribution in [1.29, 1.82) is 0 Å². The molecule has 0 spiro atoms. The summed E-state index contributed by atoms with van der Waals surface area (Å²) in [6, 6.07) is 12.1. The standard InChI is InChI=1S/C25H28O3/c1-14(2)19-7-8-22(21-6-4-3-5-20(19)21)25(27)28-24-17-10-15-9-16(12-17)23(26)13-18(24)11-15/h3-8,14-18,24H,9-13H2,1-2H3. The summed E-state index contributed by atoms with van der Waals surface area (Å²) in [5.41, 5.74) is 1.91. The van der Waals surface area contributed by atoms with Crippen molar-refractivity contribution in [3.63, 3.8) is 0 Å². The highest BCUT2D eigenvalue weighted by Gasteiger charge is 2.50.